The highest BCUT2D eigenvalue weighted by Gasteiger charge is 2.36. The van der Waals surface area contributed by atoms with Crippen LogP contribution in [0, 0.1) is 10.1 Å². The summed E-state index contributed by atoms with van der Waals surface area (Å²) in [5.41, 5.74) is -1.37. The van der Waals surface area contributed by atoms with E-state index in [2.05, 4.69) is 5.32 Å². The molecule has 0 unspecified atom stereocenters. The minimum atomic E-state index is -4.66. The fraction of sp³-hybridized carbons (Fsp3) is 0.364. The highest BCUT2D eigenvalue weighted by Crippen LogP contribution is 2.32. The Kier molecular flexibility index (Phi) is 7.72. The second-order valence-corrected chi connectivity index (χ2v) is 7.54. The second-order valence-electron chi connectivity index (χ2n) is 7.54. The molecule has 34 heavy (non-hydrogen) atoms. The van der Waals surface area contributed by atoms with Crippen LogP contribution in [0.5, 0.6) is 0 Å². The summed E-state index contributed by atoms with van der Waals surface area (Å²) >= 11 is 0. The third-order valence-electron chi connectivity index (χ3n) is 5.38. The fourth-order valence-corrected chi connectivity index (χ4v) is 3.64. The van der Waals surface area contributed by atoms with E-state index in [0.717, 1.165) is 12.1 Å². The van der Waals surface area contributed by atoms with Crippen LogP contribution < -0.4 is 5.32 Å². The van der Waals surface area contributed by atoms with Gasteiger partial charge in [0.15, 0.2) is 0 Å². The number of nitro groups is 1. The summed E-state index contributed by atoms with van der Waals surface area (Å²) in [5.74, 6) is -1.23. The molecule has 2 aromatic rings. The molecule has 0 radical (unpaired) electrons. The lowest BCUT2D eigenvalue weighted by molar-refractivity contribution is -0.384. The van der Waals surface area contributed by atoms with Gasteiger partial charge in [-0.3, -0.25) is 19.7 Å². The lowest BCUT2D eigenvalue weighted by atomic mass is 10.1. The molecule has 0 bridgehead atoms. The smallest absolute Gasteiger partial charge is 0.383 e. The van der Waals surface area contributed by atoms with Crippen molar-refractivity contribution in [2.45, 2.75) is 6.18 Å². The summed E-state index contributed by atoms with van der Waals surface area (Å²) in [6, 6.07) is 8.64. The number of rotatable bonds is 7. The molecule has 0 aromatic heterocycles. The zero-order valence-electron chi connectivity index (χ0n) is 18.3. The van der Waals surface area contributed by atoms with Crippen molar-refractivity contribution in [2.75, 3.05) is 51.8 Å². The predicted octanol–water partition coefficient (Wildman–Crippen LogP) is 3.27. The molecule has 9 nitrogen and oxygen atoms in total. The van der Waals surface area contributed by atoms with Crippen LogP contribution in [0.15, 0.2) is 42.5 Å². The van der Waals surface area contributed by atoms with Gasteiger partial charge >= 0.3 is 6.18 Å². The monoisotopic (exact) mass is 480 g/mol. The molecule has 1 saturated heterocycles. The van der Waals surface area contributed by atoms with Crippen LogP contribution >= 0.6 is 0 Å². The minimum absolute atomic E-state index is 0.0372. The highest BCUT2D eigenvalue weighted by atomic mass is 19.4. The van der Waals surface area contributed by atoms with Crippen molar-refractivity contribution in [1.82, 2.24) is 9.80 Å². The number of carbonyl (C=O) groups excluding carboxylic acids is 2. The van der Waals surface area contributed by atoms with E-state index in [1.165, 1.54) is 47.2 Å². The molecule has 12 heteroatoms. The van der Waals surface area contributed by atoms with Crippen LogP contribution in [-0.4, -0.2) is 73.0 Å². The van der Waals surface area contributed by atoms with E-state index in [-0.39, 0.29) is 43.1 Å². The molecule has 0 spiro atoms. The van der Waals surface area contributed by atoms with Crippen LogP contribution in [0.4, 0.5) is 24.5 Å². The first-order valence-electron chi connectivity index (χ1n) is 10.4. The maximum Gasteiger partial charge on any atom is 0.417 e. The van der Waals surface area contributed by atoms with E-state index in [4.69, 9.17) is 4.74 Å². The van der Waals surface area contributed by atoms with Gasteiger partial charge in [-0.05, 0) is 24.3 Å². The largest absolute Gasteiger partial charge is 0.417 e. The molecule has 182 valence electrons. The maximum absolute atomic E-state index is 13.3. The van der Waals surface area contributed by atoms with Crippen molar-refractivity contribution in [2.24, 2.45) is 0 Å². The number of hydrogen-bond acceptors (Lipinski definition) is 6. The molecular formula is C22H23F3N4O5. The minimum Gasteiger partial charge on any atom is -0.383 e. The molecule has 1 N–H and O–H groups in total. The average molecular weight is 480 g/mol. The number of nitrogens with one attached hydrogen (secondary N) is 1. The number of anilines is 1. The Hall–Kier alpha value is -3.67. The van der Waals surface area contributed by atoms with Crippen molar-refractivity contribution in [3.63, 3.8) is 0 Å². The van der Waals surface area contributed by atoms with Gasteiger partial charge in [0, 0.05) is 51.5 Å². The summed E-state index contributed by atoms with van der Waals surface area (Å²) in [6.45, 7) is 0.929. The second kappa shape index (κ2) is 10.5. The molecular weight excluding hydrogens is 457 g/mol. The Labute approximate surface area is 193 Å². The summed E-state index contributed by atoms with van der Waals surface area (Å²) in [5, 5.41) is 14.3. The third-order valence-corrected chi connectivity index (χ3v) is 5.38. The number of piperazine rings is 1. The van der Waals surface area contributed by atoms with Crippen molar-refractivity contribution in [1.29, 1.82) is 0 Å². The van der Waals surface area contributed by atoms with Crippen LogP contribution in [0.25, 0.3) is 0 Å². The van der Waals surface area contributed by atoms with Crippen molar-refractivity contribution in [3.8, 4) is 0 Å². The van der Waals surface area contributed by atoms with Gasteiger partial charge in [0.25, 0.3) is 17.5 Å². The average Bonchev–Trinajstić information content (AvgIpc) is 2.83. The molecule has 0 saturated carbocycles. The number of hydrogen-bond donors (Lipinski definition) is 1. The standard InChI is InChI=1S/C22H23F3N4O5/c1-34-13-8-26-18-7-6-15(14-19(18)29(32)33)20(30)27-9-11-28(12-10-27)21(31)16-4-2-3-5-17(16)22(23,24)25/h2-7,14,26H,8-13H2,1H3. The number of carbonyl (C=O) groups is 2. The fourth-order valence-electron chi connectivity index (χ4n) is 3.64. The Balaban J connectivity index is 1.69. The number of alkyl halides is 3. The molecule has 0 atom stereocenters. The van der Waals surface area contributed by atoms with E-state index in [1.807, 2.05) is 0 Å². The van der Waals surface area contributed by atoms with Crippen LogP contribution in [0.2, 0.25) is 0 Å². The lowest BCUT2D eigenvalue weighted by Crippen LogP contribution is -2.50. The Morgan fingerprint density at radius 2 is 1.68 bits per heavy atom. The first-order valence-corrected chi connectivity index (χ1v) is 10.4. The van der Waals surface area contributed by atoms with Crippen LogP contribution in [-0.2, 0) is 10.9 Å². The number of benzene rings is 2. The number of nitro benzene ring substituents is 1. The van der Waals surface area contributed by atoms with Gasteiger partial charge in [0.05, 0.1) is 22.7 Å². The zero-order chi connectivity index (χ0) is 24.9. The molecule has 2 aromatic carbocycles. The molecule has 1 heterocycles. The maximum atomic E-state index is 13.3. The normalized spacial score (nSPS) is 14.1. The number of halogens is 3. The van der Waals surface area contributed by atoms with Gasteiger partial charge in [0.2, 0.25) is 0 Å². The Bertz CT molecular complexity index is 1070. The molecule has 0 aliphatic carbocycles. The third kappa shape index (κ3) is 5.63. The quantitative estimate of drug-likeness (QED) is 0.371. The topological polar surface area (TPSA) is 105 Å². The Morgan fingerprint density at radius 3 is 2.26 bits per heavy atom. The zero-order valence-corrected chi connectivity index (χ0v) is 18.3. The van der Waals surface area contributed by atoms with Crippen LogP contribution in [0.1, 0.15) is 26.3 Å². The summed E-state index contributed by atoms with van der Waals surface area (Å²) < 4.78 is 44.7. The lowest BCUT2D eigenvalue weighted by Gasteiger charge is -2.35. The van der Waals surface area contributed by atoms with E-state index < -0.39 is 34.0 Å². The number of methoxy groups -OCH3 is 1. The molecule has 1 aliphatic rings. The van der Waals surface area contributed by atoms with Gasteiger partial charge in [-0.2, -0.15) is 13.2 Å². The van der Waals surface area contributed by atoms with Gasteiger partial charge in [-0.15, -0.1) is 0 Å². The number of amides is 2. The van der Waals surface area contributed by atoms with E-state index in [9.17, 15) is 32.9 Å². The summed E-state index contributed by atoms with van der Waals surface area (Å²) in [7, 11) is 1.50. The molecule has 1 fully saturated rings. The highest BCUT2D eigenvalue weighted by molar-refractivity contribution is 5.97. The number of ether oxygens (including phenoxy) is 1. The van der Waals surface area contributed by atoms with Crippen molar-refractivity contribution in [3.05, 3.63) is 69.3 Å². The van der Waals surface area contributed by atoms with Gasteiger partial charge in [0.1, 0.15) is 5.69 Å². The first-order chi connectivity index (χ1) is 16.1. The van der Waals surface area contributed by atoms with Gasteiger partial charge < -0.3 is 19.9 Å². The molecule has 2 amide bonds. The summed E-state index contributed by atoms with van der Waals surface area (Å²) in [6.07, 6.45) is -4.66. The number of nitrogens with zero attached hydrogens (tertiary/aromatic N) is 3. The van der Waals surface area contributed by atoms with Crippen LogP contribution in [0.3, 0.4) is 0 Å². The summed E-state index contributed by atoms with van der Waals surface area (Å²) in [4.78, 5) is 39.1. The van der Waals surface area contributed by atoms with Gasteiger partial charge in [-0.25, -0.2) is 0 Å². The SMILES string of the molecule is COCCNc1ccc(C(=O)N2CCN(C(=O)c3ccccc3C(F)(F)F)CC2)cc1[N+](=O)[O-]. The van der Waals surface area contributed by atoms with E-state index in [0.29, 0.717) is 13.2 Å². The predicted molar refractivity (Wildman–Crippen MR) is 117 cm³/mol. The Morgan fingerprint density at radius 1 is 1.06 bits per heavy atom. The van der Waals surface area contributed by atoms with E-state index in [1.54, 1.807) is 0 Å². The van der Waals surface area contributed by atoms with Crippen molar-refractivity contribution < 1.29 is 32.4 Å². The van der Waals surface area contributed by atoms with E-state index >= 15 is 0 Å². The van der Waals surface area contributed by atoms with Crippen molar-refractivity contribution >= 4 is 23.2 Å². The first kappa shape index (κ1) is 25.0. The molecule has 3 rings (SSSR count). The van der Waals surface area contributed by atoms with Gasteiger partial charge in [-0.1, -0.05) is 12.1 Å². The molecule has 1 aliphatic heterocycles.